The molecule has 0 unspecified atom stereocenters. The molecule has 0 atom stereocenters. The lowest BCUT2D eigenvalue weighted by Gasteiger charge is -2.07. The number of halogens is 2. The highest BCUT2D eigenvalue weighted by molar-refractivity contribution is 7.90. The number of nitrogens with one attached hydrogen (secondary N) is 1. The van der Waals surface area contributed by atoms with Crippen LogP contribution in [0.1, 0.15) is 10.4 Å². The molecule has 110 valence electrons. The second kappa shape index (κ2) is 5.61. The van der Waals surface area contributed by atoms with Gasteiger partial charge in [0.25, 0.3) is 5.91 Å². The Kier molecular flexibility index (Phi) is 4.04. The molecule has 0 spiro atoms. The fraction of sp³-hybridized carbons (Fsp3) is 0.0714. The van der Waals surface area contributed by atoms with Crippen LogP contribution in [-0.4, -0.2) is 20.6 Å². The van der Waals surface area contributed by atoms with Gasteiger partial charge in [-0.3, -0.25) is 4.79 Å². The average Bonchev–Trinajstić information content (AvgIpc) is 2.41. The molecule has 2 aromatic rings. The predicted octanol–water partition coefficient (Wildman–Crippen LogP) is 2.62. The maximum absolute atomic E-state index is 13.5. The third-order valence-corrected chi connectivity index (χ3v) is 3.87. The molecule has 0 aromatic heterocycles. The Morgan fingerprint density at radius 1 is 1.05 bits per heavy atom. The Labute approximate surface area is 120 Å². The molecule has 7 heteroatoms. The predicted molar refractivity (Wildman–Crippen MR) is 73.9 cm³/mol. The molecular weight excluding hydrogens is 300 g/mol. The van der Waals surface area contributed by atoms with Crippen LogP contribution < -0.4 is 5.32 Å². The molecule has 0 aliphatic heterocycles. The topological polar surface area (TPSA) is 63.2 Å². The monoisotopic (exact) mass is 311 g/mol. The first-order valence-electron chi connectivity index (χ1n) is 5.84. The van der Waals surface area contributed by atoms with Crippen molar-refractivity contribution >= 4 is 21.4 Å². The normalized spacial score (nSPS) is 11.2. The van der Waals surface area contributed by atoms with Gasteiger partial charge in [-0.05, 0) is 36.4 Å². The van der Waals surface area contributed by atoms with Crippen molar-refractivity contribution in [3.8, 4) is 0 Å². The molecule has 0 radical (unpaired) electrons. The van der Waals surface area contributed by atoms with Gasteiger partial charge in [0.15, 0.2) is 21.5 Å². The van der Waals surface area contributed by atoms with Crippen LogP contribution >= 0.6 is 0 Å². The van der Waals surface area contributed by atoms with Crippen LogP contribution in [0.2, 0.25) is 0 Å². The fourth-order valence-corrected chi connectivity index (χ4v) is 2.29. The Balaban J connectivity index is 2.22. The third kappa shape index (κ3) is 3.43. The second-order valence-electron chi connectivity index (χ2n) is 4.35. The number of amides is 1. The molecule has 0 aliphatic rings. The van der Waals surface area contributed by atoms with Gasteiger partial charge in [0.05, 0.1) is 10.5 Å². The van der Waals surface area contributed by atoms with E-state index in [2.05, 4.69) is 5.32 Å². The van der Waals surface area contributed by atoms with E-state index in [1.54, 1.807) is 0 Å². The van der Waals surface area contributed by atoms with Gasteiger partial charge in [-0.25, -0.2) is 17.2 Å². The van der Waals surface area contributed by atoms with Crippen LogP contribution in [0.5, 0.6) is 0 Å². The lowest BCUT2D eigenvalue weighted by atomic mass is 10.2. The van der Waals surface area contributed by atoms with Crippen molar-refractivity contribution in [1.29, 1.82) is 0 Å². The molecule has 0 saturated heterocycles. The first-order valence-corrected chi connectivity index (χ1v) is 7.73. The molecule has 0 aliphatic carbocycles. The molecule has 0 heterocycles. The van der Waals surface area contributed by atoms with E-state index >= 15 is 0 Å². The van der Waals surface area contributed by atoms with Crippen LogP contribution in [0, 0.1) is 11.6 Å². The summed E-state index contributed by atoms with van der Waals surface area (Å²) in [5, 5.41) is 2.36. The number of hydrogen-bond donors (Lipinski definition) is 1. The summed E-state index contributed by atoms with van der Waals surface area (Å²) >= 11 is 0. The van der Waals surface area contributed by atoms with E-state index in [0.29, 0.717) is 0 Å². The first-order chi connectivity index (χ1) is 9.79. The van der Waals surface area contributed by atoms with Gasteiger partial charge in [-0.2, -0.15) is 0 Å². The average molecular weight is 311 g/mol. The van der Waals surface area contributed by atoms with E-state index in [0.717, 1.165) is 18.4 Å². The van der Waals surface area contributed by atoms with Crippen molar-refractivity contribution in [1.82, 2.24) is 0 Å². The smallest absolute Gasteiger partial charge is 0.258 e. The lowest BCUT2D eigenvalue weighted by molar-refractivity contribution is 0.102. The highest BCUT2D eigenvalue weighted by Crippen LogP contribution is 2.17. The number of rotatable bonds is 3. The minimum absolute atomic E-state index is 0.0948. The summed E-state index contributed by atoms with van der Waals surface area (Å²) in [6.07, 6.45) is 1.06. The standard InChI is InChI=1S/C14H11F2NO3S/c1-21(19,20)10-7-5-9(6-8-10)17-14(18)11-3-2-4-12(15)13(11)16/h2-8H,1H3,(H,17,18). The van der Waals surface area contributed by atoms with Gasteiger partial charge < -0.3 is 5.32 Å². The maximum atomic E-state index is 13.5. The van der Waals surface area contributed by atoms with Gasteiger partial charge in [-0.1, -0.05) is 6.07 Å². The van der Waals surface area contributed by atoms with Crippen molar-refractivity contribution in [2.45, 2.75) is 4.90 Å². The van der Waals surface area contributed by atoms with Crippen LogP contribution in [0.25, 0.3) is 0 Å². The number of benzene rings is 2. The molecule has 0 fully saturated rings. The molecule has 0 bridgehead atoms. The van der Waals surface area contributed by atoms with Crippen LogP contribution in [-0.2, 0) is 9.84 Å². The minimum Gasteiger partial charge on any atom is -0.322 e. The summed E-state index contributed by atoms with van der Waals surface area (Å²) in [7, 11) is -3.33. The van der Waals surface area contributed by atoms with Crippen molar-refractivity contribution in [2.24, 2.45) is 0 Å². The maximum Gasteiger partial charge on any atom is 0.258 e. The summed E-state index contributed by atoms with van der Waals surface area (Å²) in [6, 6.07) is 8.64. The number of anilines is 1. The summed E-state index contributed by atoms with van der Waals surface area (Å²) < 4.78 is 49.1. The summed E-state index contributed by atoms with van der Waals surface area (Å²) in [5.74, 6) is -3.17. The minimum atomic E-state index is -3.33. The number of carbonyl (C=O) groups is 1. The zero-order chi connectivity index (χ0) is 15.6. The van der Waals surface area contributed by atoms with Gasteiger partial charge >= 0.3 is 0 Å². The van der Waals surface area contributed by atoms with Crippen molar-refractivity contribution in [3.63, 3.8) is 0 Å². The van der Waals surface area contributed by atoms with E-state index in [9.17, 15) is 22.0 Å². The lowest BCUT2D eigenvalue weighted by Crippen LogP contribution is -2.14. The quantitative estimate of drug-likeness (QED) is 0.948. The molecule has 1 amide bonds. The van der Waals surface area contributed by atoms with E-state index in [-0.39, 0.29) is 10.6 Å². The first kappa shape index (κ1) is 15.1. The van der Waals surface area contributed by atoms with Crippen LogP contribution in [0.3, 0.4) is 0 Å². The molecule has 0 saturated carbocycles. The summed E-state index contributed by atoms with van der Waals surface area (Å²) in [4.78, 5) is 11.9. The Hall–Kier alpha value is -2.28. The molecule has 4 nitrogen and oxygen atoms in total. The molecule has 1 N–H and O–H groups in total. The molecule has 2 rings (SSSR count). The largest absolute Gasteiger partial charge is 0.322 e. The van der Waals surface area contributed by atoms with Crippen molar-refractivity contribution in [2.75, 3.05) is 11.6 Å². The van der Waals surface area contributed by atoms with Gasteiger partial charge in [0.2, 0.25) is 0 Å². The SMILES string of the molecule is CS(=O)(=O)c1ccc(NC(=O)c2cccc(F)c2F)cc1. The molecule has 2 aromatic carbocycles. The van der Waals surface area contributed by atoms with E-state index < -0.39 is 32.9 Å². The van der Waals surface area contributed by atoms with Crippen LogP contribution in [0.15, 0.2) is 47.4 Å². The van der Waals surface area contributed by atoms with Crippen LogP contribution in [0.4, 0.5) is 14.5 Å². The van der Waals surface area contributed by atoms with E-state index in [1.807, 2.05) is 0 Å². The van der Waals surface area contributed by atoms with Crippen molar-refractivity contribution < 1.29 is 22.0 Å². The highest BCUT2D eigenvalue weighted by Gasteiger charge is 2.15. The number of carbonyl (C=O) groups excluding carboxylic acids is 1. The van der Waals surface area contributed by atoms with E-state index in [4.69, 9.17) is 0 Å². The Bertz CT molecular complexity index is 786. The van der Waals surface area contributed by atoms with Gasteiger partial charge in [-0.15, -0.1) is 0 Å². The second-order valence-corrected chi connectivity index (χ2v) is 6.37. The zero-order valence-corrected chi connectivity index (χ0v) is 11.7. The highest BCUT2D eigenvalue weighted by atomic mass is 32.2. The number of sulfone groups is 1. The third-order valence-electron chi connectivity index (χ3n) is 2.74. The van der Waals surface area contributed by atoms with E-state index in [1.165, 1.54) is 30.3 Å². The summed E-state index contributed by atoms with van der Waals surface area (Å²) in [6.45, 7) is 0. The Morgan fingerprint density at radius 3 is 2.24 bits per heavy atom. The zero-order valence-electron chi connectivity index (χ0n) is 10.9. The molecule has 21 heavy (non-hydrogen) atoms. The van der Waals surface area contributed by atoms with Crippen molar-refractivity contribution in [3.05, 3.63) is 59.7 Å². The van der Waals surface area contributed by atoms with Gasteiger partial charge in [0, 0.05) is 11.9 Å². The fourth-order valence-electron chi connectivity index (χ4n) is 1.66. The number of hydrogen-bond acceptors (Lipinski definition) is 3. The molecular formula is C14H11F2NO3S. The Morgan fingerprint density at radius 2 is 1.67 bits per heavy atom. The van der Waals surface area contributed by atoms with Gasteiger partial charge in [0.1, 0.15) is 0 Å². The summed E-state index contributed by atoms with van der Waals surface area (Å²) in [5.41, 5.74) is -0.154.